The fraction of sp³-hybridized carbons (Fsp3) is 0.781. The molecular formula is C32H42O11. The first-order valence-corrected chi connectivity index (χ1v) is 15.4. The van der Waals surface area contributed by atoms with Gasteiger partial charge in [0.2, 0.25) is 6.29 Å². The topological polar surface area (TPSA) is 162 Å². The number of ether oxygens (including phenoxy) is 4. The van der Waals surface area contributed by atoms with E-state index in [2.05, 4.69) is 0 Å². The van der Waals surface area contributed by atoms with Gasteiger partial charge < -0.3 is 38.7 Å². The van der Waals surface area contributed by atoms with Gasteiger partial charge in [0.05, 0.1) is 48.8 Å². The van der Waals surface area contributed by atoms with Crippen molar-refractivity contribution in [3.63, 3.8) is 0 Å². The summed E-state index contributed by atoms with van der Waals surface area (Å²) in [5, 5.41) is 36.0. The van der Waals surface area contributed by atoms with Crippen LogP contribution in [0.25, 0.3) is 0 Å². The highest BCUT2D eigenvalue weighted by Crippen LogP contribution is 2.82. The molecule has 4 aliphatic carbocycles. The molecule has 1 spiro atoms. The molecule has 0 amide bonds. The third kappa shape index (κ3) is 3.06. The molecule has 4 saturated carbocycles. The van der Waals surface area contributed by atoms with Gasteiger partial charge in [-0.1, -0.05) is 27.7 Å². The van der Waals surface area contributed by atoms with Crippen LogP contribution in [0.1, 0.15) is 72.3 Å². The molecule has 1 unspecified atom stereocenters. The van der Waals surface area contributed by atoms with Crippen LogP contribution in [0, 0.1) is 39.4 Å². The monoisotopic (exact) mass is 602 g/mol. The van der Waals surface area contributed by atoms with Gasteiger partial charge in [0.1, 0.15) is 17.8 Å². The minimum Gasteiger partial charge on any atom is -0.472 e. The molecule has 6 aliphatic rings. The van der Waals surface area contributed by atoms with E-state index in [0.29, 0.717) is 6.42 Å². The van der Waals surface area contributed by atoms with Crippen LogP contribution in [-0.2, 0) is 33.3 Å². The van der Waals surface area contributed by atoms with Crippen molar-refractivity contribution in [2.75, 3.05) is 6.61 Å². The van der Waals surface area contributed by atoms with Crippen molar-refractivity contribution in [3.8, 4) is 0 Å². The number of hydrogen-bond acceptors (Lipinski definition) is 11. The third-order valence-corrected chi connectivity index (χ3v) is 13.1. The second kappa shape index (κ2) is 8.90. The van der Waals surface area contributed by atoms with Gasteiger partial charge in [-0.25, -0.2) is 0 Å². The summed E-state index contributed by atoms with van der Waals surface area (Å²) < 4.78 is 30.2. The second-order valence-corrected chi connectivity index (χ2v) is 14.9. The number of aliphatic hydroxyl groups excluding tert-OH is 3. The lowest BCUT2D eigenvalue weighted by atomic mass is 9.30. The van der Waals surface area contributed by atoms with Crippen LogP contribution in [0.15, 0.2) is 23.0 Å². The Kier molecular flexibility index (Phi) is 6.09. The number of carbonyl (C=O) groups is 3. The molecule has 0 radical (unpaired) electrons. The predicted molar refractivity (Wildman–Crippen MR) is 146 cm³/mol. The average molecular weight is 603 g/mol. The Labute approximate surface area is 250 Å². The number of furan rings is 1. The predicted octanol–water partition coefficient (Wildman–Crippen LogP) is 2.10. The molecular weight excluding hydrogens is 560 g/mol. The summed E-state index contributed by atoms with van der Waals surface area (Å²) in [7, 11) is 0. The molecule has 6 fully saturated rings. The lowest BCUT2D eigenvalue weighted by Gasteiger charge is -2.81. The van der Waals surface area contributed by atoms with Crippen LogP contribution in [0.5, 0.6) is 0 Å². The number of Topliss-reactive ketones (excluding diaryl/α,β-unsaturated/α-hetero) is 1. The second-order valence-electron chi connectivity index (χ2n) is 14.9. The number of aliphatic hydroxyl groups is 3. The fourth-order valence-corrected chi connectivity index (χ4v) is 11.2. The van der Waals surface area contributed by atoms with Crippen molar-refractivity contribution < 1.29 is 53.1 Å². The maximum Gasteiger partial charge on any atom is 0.310 e. The van der Waals surface area contributed by atoms with Gasteiger partial charge in [0, 0.05) is 41.4 Å². The summed E-state index contributed by atoms with van der Waals surface area (Å²) in [6.07, 6.45) is -2.44. The SMILES string of the molecule is CC(=O)O[C@@H]1C[C@H](O)[C@@]23COC(OC(=O)C(C)C)[C@]1(C)[C@@H]2C[C@H]1O[C@@]24[C@H](O)C[C@@H](c5ccoc5)[C@]2(C)[C@@H](O)C(=O)[C@H]3[C@@]14C. The highest BCUT2D eigenvalue weighted by molar-refractivity contribution is 5.91. The molecule has 11 heteroatoms. The van der Waals surface area contributed by atoms with Crippen molar-refractivity contribution in [2.45, 2.75) is 109 Å². The Morgan fingerprint density at radius 1 is 1.02 bits per heavy atom. The molecule has 1 aromatic heterocycles. The van der Waals surface area contributed by atoms with Crippen LogP contribution in [0.3, 0.4) is 0 Å². The van der Waals surface area contributed by atoms with Crippen LogP contribution in [0.4, 0.5) is 0 Å². The number of rotatable bonds is 4. The highest BCUT2D eigenvalue weighted by Gasteiger charge is 2.91. The Morgan fingerprint density at radius 3 is 2.37 bits per heavy atom. The Hall–Kier alpha value is -2.31. The molecule has 1 aromatic rings. The Morgan fingerprint density at radius 2 is 1.74 bits per heavy atom. The number of ketones is 1. The zero-order chi connectivity index (χ0) is 31.1. The molecule has 2 saturated heterocycles. The normalized spacial score (nSPS) is 52.9. The van der Waals surface area contributed by atoms with E-state index in [-0.39, 0.29) is 19.4 Å². The zero-order valence-corrected chi connectivity index (χ0v) is 25.4. The summed E-state index contributed by atoms with van der Waals surface area (Å²) in [5.74, 6) is -3.80. The quantitative estimate of drug-likeness (QED) is 0.433. The Bertz CT molecular complexity index is 1360. The van der Waals surface area contributed by atoms with E-state index < -0.39 is 105 Å². The smallest absolute Gasteiger partial charge is 0.310 e. The maximum atomic E-state index is 14.8. The van der Waals surface area contributed by atoms with Crippen molar-refractivity contribution in [3.05, 3.63) is 24.2 Å². The molecule has 2 aliphatic heterocycles. The van der Waals surface area contributed by atoms with Crippen LogP contribution < -0.4 is 0 Å². The first-order chi connectivity index (χ1) is 20.1. The lowest BCUT2D eigenvalue weighted by molar-refractivity contribution is -0.458. The molecule has 0 aromatic carbocycles. The van der Waals surface area contributed by atoms with E-state index in [1.54, 1.807) is 26.2 Å². The summed E-state index contributed by atoms with van der Waals surface area (Å²) in [5.41, 5.74) is -5.01. The lowest BCUT2D eigenvalue weighted by Crippen LogP contribution is -2.91. The van der Waals surface area contributed by atoms with Crippen molar-refractivity contribution in [1.29, 1.82) is 0 Å². The van der Waals surface area contributed by atoms with Crippen LogP contribution >= 0.6 is 0 Å². The summed E-state index contributed by atoms with van der Waals surface area (Å²) >= 11 is 0. The third-order valence-electron chi connectivity index (χ3n) is 13.1. The summed E-state index contributed by atoms with van der Waals surface area (Å²) in [6, 6.07) is 1.79. The fourth-order valence-electron chi connectivity index (χ4n) is 11.2. The van der Waals surface area contributed by atoms with E-state index in [1.807, 2.05) is 20.8 Å². The highest BCUT2D eigenvalue weighted by atomic mass is 16.7. The first-order valence-electron chi connectivity index (χ1n) is 15.4. The molecule has 236 valence electrons. The van der Waals surface area contributed by atoms with E-state index in [1.165, 1.54) is 13.2 Å². The molecule has 43 heavy (non-hydrogen) atoms. The summed E-state index contributed by atoms with van der Waals surface area (Å²) in [4.78, 5) is 39.9. The van der Waals surface area contributed by atoms with Crippen LogP contribution in [0.2, 0.25) is 0 Å². The standard InChI is InChI=1S/C32H42O11/c1-14(2)26(38)42-27-28(4)18-10-22-30(6)24(31(18,13-40-27)19(34)11-21(28)41-15(3)33)23(36)25(37)29(5)17(16-7-8-39-12-16)9-20(35)32(29,30)43-22/h7-8,12,14,17-22,24-25,27,34-35,37H,9-11,13H2,1-6H3/t17-,18-,19-,20+,21+,22+,24-,25-,27?,28+,29+,30+,31+,32-/m0/s1. The molecule has 3 heterocycles. The van der Waals surface area contributed by atoms with E-state index in [4.69, 9.17) is 23.4 Å². The summed E-state index contributed by atoms with van der Waals surface area (Å²) in [6.45, 7) is 10.2. The molecule has 14 atom stereocenters. The Balaban J connectivity index is 1.38. The zero-order valence-electron chi connectivity index (χ0n) is 25.4. The van der Waals surface area contributed by atoms with E-state index >= 15 is 0 Å². The average Bonchev–Trinajstić information content (AvgIpc) is 3.55. The van der Waals surface area contributed by atoms with Crippen molar-refractivity contribution in [2.24, 2.45) is 39.4 Å². The molecule has 2 bridgehead atoms. The van der Waals surface area contributed by atoms with Gasteiger partial charge >= 0.3 is 11.9 Å². The number of carbonyl (C=O) groups excluding carboxylic acids is 3. The van der Waals surface area contributed by atoms with Gasteiger partial charge in [-0.3, -0.25) is 14.4 Å². The molecule has 7 rings (SSSR count). The number of esters is 2. The van der Waals surface area contributed by atoms with Gasteiger partial charge in [-0.2, -0.15) is 0 Å². The molecule has 11 nitrogen and oxygen atoms in total. The van der Waals surface area contributed by atoms with Crippen molar-refractivity contribution in [1.82, 2.24) is 0 Å². The number of hydrogen-bond donors (Lipinski definition) is 3. The molecule has 3 N–H and O–H groups in total. The van der Waals surface area contributed by atoms with Gasteiger partial charge in [-0.05, 0) is 37.3 Å². The van der Waals surface area contributed by atoms with Crippen LogP contribution in [-0.4, -0.2) is 82.1 Å². The van der Waals surface area contributed by atoms with Gasteiger partial charge in [0.15, 0.2) is 5.78 Å². The minimum absolute atomic E-state index is 0.00237. The van der Waals surface area contributed by atoms with Gasteiger partial charge in [-0.15, -0.1) is 0 Å². The van der Waals surface area contributed by atoms with E-state index in [0.717, 1.165) is 5.56 Å². The van der Waals surface area contributed by atoms with E-state index in [9.17, 15) is 29.7 Å². The largest absolute Gasteiger partial charge is 0.472 e. The first kappa shape index (κ1) is 29.4. The minimum atomic E-state index is -1.52. The van der Waals surface area contributed by atoms with Crippen molar-refractivity contribution >= 4 is 17.7 Å². The maximum absolute atomic E-state index is 14.8. The van der Waals surface area contributed by atoms with Gasteiger partial charge in [0.25, 0.3) is 0 Å².